The van der Waals surface area contributed by atoms with Crippen LogP contribution in [0.2, 0.25) is 0 Å². The molecular formula is C27H39FN8O6. The molecule has 3 aromatic rings. The van der Waals surface area contributed by atoms with Crippen LogP contribution in [0.5, 0.6) is 0 Å². The predicted molar refractivity (Wildman–Crippen MR) is 156 cm³/mol. The van der Waals surface area contributed by atoms with Gasteiger partial charge in [0, 0.05) is 57.9 Å². The number of aromatic nitrogens is 4. The number of hydrogen-bond donors (Lipinski definition) is 4. The average molecular weight is 591 g/mol. The summed E-state index contributed by atoms with van der Waals surface area (Å²) in [5, 5.41) is 23.3. The van der Waals surface area contributed by atoms with Crippen LogP contribution in [0.4, 0.5) is 22.2 Å². The summed E-state index contributed by atoms with van der Waals surface area (Å²) in [5.41, 5.74) is 2.61. The van der Waals surface area contributed by atoms with Crippen molar-refractivity contribution in [1.29, 1.82) is 0 Å². The minimum atomic E-state index is -1.08. The fraction of sp³-hybridized carbons (Fsp3) is 0.481. The van der Waals surface area contributed by atoms with E-state index in [4.69, 9.17) is 15.2 Å². The first-order chi connectivity index (χ1) is 19.2. The predicted octanol–water partition coefficient (Wildman–Crippen LogP) is 2.06. The highest BCUT2D eigenvalue weighted by atomic mass is 19.0. The van der Waals surface area contributed by atoms with Gasteiger partial charge in [0.1, 0.15) is 17.2 Å². The van der Waals surface area contributed by atoms with Crippen molar-refractivity contribution in [3.63, 3.8) is 0 Å². The second-order valence-electron chi connectivity index (χ2n) is 10.1. The van der Waals surface area contributed by atoms with E-state index in [1.165, 1.54) is 12.8 Å². The minimum absolute atomic E-state index is 0. The topological polar surface area (TPSA) is 197 Å². The number of fused-ring (bicyclic) bond motifs is 1. The van der Waals surface area contributed by atoms with Crippen LogP contribution in [0.25, 0.3) is 11.0 Å². The Kier molecular flexibility index (Phi) is 12.6. The molecular weight excluding hydrogens is 551 g/mol. The van der Waals surface area contributed by atoms with Gasteiger partial charge in [0.05, 0.1) is 24.7 Å². The normalized spacial score (nSPS) is 14.7. The van der Waals surface area contributed by atoms with E-state index >= 15 is 0 Å². The first kappa shape index (κ1) is 33.8. The molecule has 0 spiro atoms. The van der Waals surface area contributed by atoms with Crippen molar-refractivity contribution >= 4 is 46.3 Å². The number of pyridine rings is 1. The van der Waals surface area contributed by atoms with Crippen molar-refractivity contribution in [2.75, 3.05) is 50.5 Å². The van der Waals surface area contributed by atoms with Crippen LogP contribution in [0.15, 0.2) is 30.6 Å². The number of nitrogens with zero attached hydrogens (tertiary/aromatic N) is 6. The van der Waals surface area contributed by atoms with Crippen LogP contribution in [-0.4, -0.2) is 98.2 Å². The maximum absolute atomic E-state index is 12.9. The number of carboxylic acids is 2. The number of piperazine rings is 1. The van der Waals surface area contributed by atoms with Crippen molar-refractivity contribution in [2.45, 2.75) is 44.6 Å². The van der Waals surface area contributed by atoms with Gasteiger partial charge in [0.15, 0.2) is 0 Å². The Morgan fingerprint density at radius 3 is 2.21 bits per heavy atom. The van der Waals surface area contributed by atoms with Crippen LogP contribution in [0.3, 0.4) is 0 Å². The van der Waals surface area contributed by atoms with Crippen LogP contribution in [0, 0.1) is 0 Å². The molecule has 42 heavy (non-hydrogen) atoms. The second-order valence-corrected chi connectivity index (χ2v) is 10.1. The summed E-state index contributed by atoms with van der Waals surface area (Å²) in [4.78, 5) is 49.9. The summed E-state index contributed by atoms with van der Waals surface area (Å²) in [6.07, 6.45) is 7.58. The Bertz CT molecular complexity index is 1320. The molecule has 0 unspecified atom stereocenters. The zero-order chi connectivity index (χ0) is 28.6. The lowest BCUT2D eigenvalue weighted by molar-refractivity contribution is -0.143. The first-order valence-corrected chi connectivity index (χ1v) is 13.4. The molecule has 1 saturated carbocycles. The molecule has 0 radical (unpaired) electrons. The van der Waals surface area contributed by atoms with Gasteiger partial charge in [-0.15, -0.1) is 0 Å². The zero-order valence-corrected chi connectivity index (χ0v) is 23.7. The van der Waals surface area contributed by atoms with Crippen LogP contribution in [-0.2, 0) is 9.59 Å². The number of carbonyl (C=O) groups excluding carboxylic acids is 1. The van der Waals surface area contributed by atoms with Gasteiger partial charge in [0.2, 0.25) is 5.95 Å². The number of nitrogens with one attached hydrogen (secondary N) is 2. The van der Waals surface area contributed by atoms with E-state index in [9.17, 15) is 14.4 Å². The summed E-state index contributed by atoms with van der Waals surface area (Å²) in [6.45, 7) is 3.96. The maximum Gasteiger partial charge on any atom is 0.303 e. The number of rotatable bonds is 8. The first-order valence-electron chi connectivity index (χ1n) is 13.4. The van der Waals surface area contributed by atoms with E-state index in [2.05, 4.69) is 36.1 Å². The third-order valence-electron chi connectivity index (χ3n) is 6.91. The second kappa shape index (κ2) is 15.6. The van der Waals surface area contributed by atoms with E-state index < -0.39 is 11.9 Å². The van der Waals surface area contributed by atoms with Gasteiger partial charge in [-0.3, -0.25) is 19.1 Å². The van der Waals surface area contributed by atoms with E-state index in [1.54, 1.807) is 25.2 Å². The Morgan fingerprint density at radius 1 is 1.02 bits per heavy atom. The molecule has 1 aliphatic carbocycles. The third kappa shape index (κ3) is 8.57. The summed E-state index contributed by atoms with van der Waals surface area (Å²) in [7, 11) is 3.57. The van der Waals surface area contributed by atoms with Crippen LogP contribution >= 0.6 is 0 Å². The van der Waals surface area contributed by atoms with Gasteiger partial charge in [-0.2, -0.15) is 4.98 Å². The van der Waals surface area contributed by atoms with E-state index in [1.807, 2.05) is 18.3 Å². The number of halogens is 1. The quantitative estimate of drug-likeness (QED) is 0.300. The lowest BCUT2D eigenvalue weighted by Crippen LogP contribution is -2.43. The Balaban J connectivity index is 0.000000546. The molecule has 1 amide bonds. The SMILES string of the molecule is CN(C)C(=O)c1cc2cnc(Nc3ccc(N4CCNCC4)cn3)nc2n1C1CCCC1.F.O.O=C(O)CCC(=O)O. The number of carboxylic acid groups (broad SMARTS) is 2. The number of amides is 1. The van der Waals surface area contributed by atoms with Gasteiger partial charge >= 0.3 is 11.9 Å². The fourth-order valence-electron chi connectivity index (χ4n) is 4.89. The van der Waals surface area contributed by atoms with Gasteiger partial charge in [-0.25, -0.2) is 9.97 Å². The van der Waals surface area contributed by atoms with Gasteiger partial charge in [0.25, 0.3) is 5.91 Å². The third-order valence-corrected chi connectivity index (χ3v) is 6.91. The minimum Gasteiger partial charge on any atom is -0.481 e. The summed E-state index contributed by atoms with van der Waals surface area (Å²) >= 11 is 0. The summed E-state index contributed by atoms with van der Waals surface area (Å²) in [5.74, 6) is -0.970. The smallest absolute Gasteiger partial charge is 0.303 e. The zero-order valence-electron chi connectivity index (χ0n) is 23.7. The van der Waals surface area contributed by atoms with E-state index in [0.717, 1.165) is 55.7 Å². The summed E-state index contributed by atoms with van der Waals surface area (Å²) in [6, 6.07) is 6.25. The van der Waals surface area contributed by atoms with Crippen LogP contribution in [0.1, 0.15) is 55.1 Å². The lowest BCUT2D eigenvalue weighted by Gasteiger charge is -2.29. The number of carbonyl (C=O) groups is 3. The highest BCUT2D eigenvalue weighted by Crippen LogP contribution is 2.35. The molecule has 230 valence electrons. The van der Waals surface area contributed by atoms with Crippen molar-refractivity contribution in [1.82, 2.24) is 29.7 Å². The molecule has 3 aromatic heterocycles. The molecule has 6 N–H and O–H groups in total. The Labute approximate surface area is 242 Å². The van der Waals surface area contributed by atoms with E-state index in [-0.39, 0.29) is 28.9 Å². The van der Waals surface area contributed by atoms with Crippen molar-refractivity contribution in [2.24, 2.45) is 0 Å². The molecule has 2 aliphatic rings. The number of aliphatic carboxylic acids is 2. The molecule has 4 heterocycles. The Morgan fingerprint density at radius 2 is 1.67 bits per heavy atom. The fourth-order valence-corrected chi connectivity index (χ4v) is 4.89. The largest absolute Gasteiger partial charge is 0.481 e. The van der Waals surface area contributed by atoms with Crippen molar-refractivity contribution < 1.29 is 34.8 Å². The molecule has 1 saturated heterocycles. The highest BCUT2D eigenvalue weighted by Gasteiger charge is 2.26. The Hall–Kier alpha value is -4.37. The van der Waals surface area contributed by atoms with Gasteiger partial charge in [-0.1, -0.05) is 12.8 Å². The highest BCUT2D eigenvalue weighted by molar-refractivity contribution is 5.98. The van der Waals surface area contributed by atoms with Crippen LogP contribution < -0.4 is 15.5 Å². The monoisotopic (exact) mass is 590 g/mol. The molecule has 0 aromatic carbocycles. The molecule has 14 nitrogen and oxygen atoms in total. The van der Waals surface area contributed by atoms with Gasteiger partial charge in [-0.05, 0) is 31.0 Å². The molecule has 15 heteroatoms. The standard InChI is InChI=1S/C23H30N8O.C4H6O4.FH.H2O/c1-29(2)22(32)19-13-16-14-26-23(28-21(16)31(19)17-5-3-4-6-17)27-20-8-7-18(15-25-20)30-11-9-24-10-12-30;5-3(6)1-2-4(7)8;;/h7-8,13-15,17,24H,3-6,9-12H2,1-2H3,(H,25,26,27,28);1-2H2,(H,5,6)(H,7,8);1H;1H2. The summed E-state index contributed by atoms with van der Waals surface area (Å²) < 4.78 is 2.12. The van der Waals surface area contributed by atoms with E-state index in [0.29, 0.717) is 23.5 Å². The maximum atomic E-state index is 12.9. The van der Waals surface area contributed by atoms with Crippen molar-refractivity contribution in [3.05, 3.63) is 36.3 Å². The lowest BCUT2D eigenvalue weighted by atomic mass is 10.2. The molecule has 0 atom stereocenters. The van der Waals surface area contributed by atoms with Gasteiger partial charge < -0.3 is 40.7 Å². The molecule has 0 bridgehead atoms. The van der Waals surface area contributed by atoms with Crippen molar-refractivity contribution in [3.8, 4) is 0 Å². The molecule has 5 rings (SSSR count). The number of anilines is 3. The number of hydrogen-bond acceptors (Lipinski definition) is 9. The molecule has 2 fully saturated rings. The molecule has 1 aliphatic heterocycles. The average Bonchev–Trinajstić information content (AvgIpc) is 3.60.